The van der Waals surface area contributed by atoms with Gasteiger partial charge in [-0.05, 0) is 29.4 Å². The number of anilines is 2. The summed E-state index contributed by atoms with van der Waals surface area (Å²) in [5, 5.41) is 14.5. The number of nitrogens with one attached hydrogen (secondary N) is 3. The molecule has 0 aliphatic rings. The Morgan fingerprint density at radius 3 is 2.67 bits per heavy atom. The summed E-state index contributed by atoms with van der Waals surface area (Å²) < 4.78 is 9.75. The molecule has 0 saturated heterocycles. The molecular formula is C14H18N6O4. The summed E-state index contributed by atoms with van der Waals surface area (Å²) in [5.41, 5.74) is 5.86. The van der Waals surface area contributed by atoms with E-state index >= 15 is 0 Å². The van der Waals surface area contributed by atoms with Crippen molar-refractivity contribution in [3.8, 4) is 5.75 Å². The number of carbonyl (C=O) groups excluding carboxylic acids is 2. The molecule has 0 spiro atoms. The second kappa shape index (κ2) is 8.36. The molecule has 24 heavy (non-hydrogen) atoms. The molecule has 0 aliphatic heterocycles. The van der Waals surface area contributed by atoms with Gasteiger partial charge in [0.15, 0.2) is 0 Å². The minimum absolute atomic E-state index is 0.0919. The molecule has 1 aromatic carbocycles. The fourth-order valence-corrected chi connectivity index (χ4v) is 1.81. The summed E-state index contributed by atoms with van der Waals surface area (Å²) in [6, 6.07) is 6.67. The van der Waals surface area contributed by atoms with Crippen LogP contribution < -0.4 is 26.4 Å². The third-order valence-electron chi connectivity index (χ3n) is 2.86. The van der Waals surface area contributed by atoms with Crippen molar-refractivity contribution < 1.29 is 19.0 Å². The molecular weight excluding hydrogens is 316 g/mol. The fraction of sp³-hybridized carbons (Fsp3) is 0.286. The molecule has 1 heterocycles. The minimum atomic E-state index is -0.530. The van der Waals surface area contributed by atoms with E-state index in [9.17, 15) is 9.59 Å². The van der Waals surface area contributed by atoms with E-state index in [4.69, 9.17) is 10.5 Å². The molecule has 10 heteroatoms. The predicted octanol–water partition coefficient (Wildman–Crippen LogP) is 0.602. The van der Waals surface area contributed by atoms with Crippen molar-refractivity contribution >= 4 is 23.4 Å². The maximum atomic E-state index is 11.8. The van der Waals surface area contributed by atoms with Crippen LogP contribution in [0.15, 0.2) is 28.9 Å². The number of aromatic nitrogens is 2. The van der Waals surface area contributed by atoms with E-state index in [1.807, 2.05) is 13.0 Å². The molecule has 5 N–H and O–H groups in total. The minimum Gasteiger partial charge on any atom is -0.492 e. The number of carbonyl (C=O) groups is 2. The number of rotatable bonds is 7. The van der Waals surface area contributed by atoms with E-state index in [-0.39, 0.29) is 24.6 Å². The van der Waals surface area contributed by atoms with Crippen LogP contribution in [0.2, 0.25) is 0 Å². The van der Waals surface area contributed by atoms with Gasteiger partial charge in [-0.3, -0.25) is 4.79 Å². The molecule has 0 unspecified atom stereocenters. The van der Waals surface area contributed by atoms with Crippen molar-refractivity contribution in [3.63, 3.8) is 0 Å². The highest BCUT2D eigenvalue weighted by molar-refractivity contribution is 5.96. The highest BCUT2D eigenvalue weighted by Crippen LogP contribution is 2.23. The summed E-state index contributed by atoms with van der Waals surface area (Å²) in [4.78, 5) is 23.5. The van der Waals surface area contributed by atoms with Gasteiger partial charge in [0.1, 0.15) is 5.75 Å². The summed E-state index contributed by atoms with van der Waals surface area (Å²) in [7, 11) is 0. The van der Waals surface area contributed by atoms with Crippen LogP contribution in [0.4, 0.5) is 16.3 Å². The van der Waals surface area contributed by atoms with E-state index in [1.165, 1.54) is 0 Å². The standard InChI is InChI=1S/C14H18N6O4/c1-2-23-10-6-4-3-5-9(10)18-14(22)17-8-7-16-13(21)11-12(15)20-24-19-11/h3-6H,2,7-8H2,1H3,(H2,15,20)(H,16,21)(H2,17,18,22). The van der Waals surface area contributed by atoms with Gasteiger partial charge in [-0.15, -0.1) is 0 Å². The SMILES string of the molecule is CCOc1ccccc1NC(=O)NCCNC(=O)c1nonc1N. The Kier molecular flexibility index (Phi) is 5.95. The third-order valence-corrected chi connectivity index (χ3v) is 2.86. The van der Waals surface area contributed by atoms with Gasteiger partial charge in [0.25, 0.3) is 5.91 Å². The summed E-state index contributed by atoms with van der Waals surface area (Å²) >= 11 is 0. The molecule has 1 aromatic heterocycles. The molecule has 2 rings (SSSR count). The summed E-state index contributed by atoms with van der Waals surface area (Å²) in [6.07, 6.45) is 0. The zero-order valence-corrected chi connectivity index (χ0v) is 13.0. The molecule has 10 nitrogen and oxygen atoms in total. The molecule has 0 atom stereocenters. The summed E-state index contributed by atoms with van der Waals surface area (Å²) in [6.45, 7) is 2.74. The van der Waals surface area contributed by atoms with Gasteiger partial charge >= 0.3 is 6.03 Å². The Morgan fingerprint density at radius 1 is 1.21 bits per heavy atom. The maximum absolute atomic E-state index is 11.8. The van der Waals surface area contributed by atoms with Gasteiger partial charge in [-0.2, -0.15) is 0 Å². The Bertz CT molecular complexity index is 702. The Labute approximate surface area is 137 Å². The highest BCUT2D eigenvalue weighted by atomic mass is 16.6. The van der Waals surface area contributed by atoms with Crippen LogP contribution in [0.3, 0.4) is 0 Å². The van der Waals surface area contributed by atoms with Crippen molar-refractivity contribution in [1.82, 2.24) is 20.9 Å². The van der Waals surface area contributed by atoms with Gasteiger partial charge in [0.05, 0.1) is 12.3 Å². The number of benzene rings is 1. The first kappa shape index (κ1) is 17.1. The van der Waals surface area contributed by atoms with Crippen LogP contribution >= 0.6 is 0 Å². The number of hydrogen-bond donors (Lipinski definition) is 4. The van der Waals surface area contributed by atoms with Crippen LogP contribution in [-0.2, 0) is 0 Å². The van der Waals surface area contributed by atoms with E-state index in [0.717, 1.165) is 0 Å². The largest absolute Gasteiger partial charge is 0.492 e. The Balaban J connectivity index is 1.74. The number of nitrogen functional groups attached to an aromatic ring is 1. The van der Waals surface area contributed by atoms with E-state index < -0.39 is 11.9 Å². The molecule has 0 fully saturated rings. The normalized spacial score (nSPS) is 10.0. The van der Waals surface area contributed by atoms with E-state index in [1.54, 1.807) is 18.2 Å². The lowest BCUT2D eigenvalue weighted by Crippen LogP contribution is -2.37. The van der Waals surface area contributed by atoms with Gasteiger partial charge in [0, 0.05) is 13.1 Å². The van der Waals surface area contributed by atoms with E-state index in [2.05, 4.69) is 30.9 Å². The molecule has 2 aromatic rings. The first-order valence-electron chi connectivity index (χ1n) is 7.24. The molecule has 0 bridgehead atoms. The number of nitrogens with zero attached hydrogens (tertiary/aromatic N) is 2. The Hall–Kier alpha value is -3.30. The molecule has 0 radical (unpaired) electrons. The Morgan fingerprint density at radius 2 is 1.96 bits per heavy atom. The van der Waals surface area contributed by atoms with Crippen molar-refractivity contribution in [2.24, 2.45) is 0 Å². The number of para-hydroxylation sites is 2. The topological polar surface area (TPSA) is 144 Å². The average molecular weight is 334 g/mol. The first-order valence-corrected chi connectivity index (χ1v) is 7.24. The number of urea groups is 1. The van der Waals surface area contributed by atoms with Crippen molar-refractivity contribution in [2.45, 2.75) is 6.92 Å². The lowest BCUT2D eigenvalue weighted by atomic mass is 10.3. The second-order valence-corrected chi connectivity index (χ2v) is 4.56. The molecule has 0 saturated carbocycles. The fourth-order valence-electron chi connectivity index (χ4n) is 1.81. The van der Waals surface area contributed by atoms with Crippen LogP contribution in [-0.4, -0.2) is 41.9 Å². The number of nitrogens with two attached hydrogens (primary N) is 1. The van der Waals surface area contributed by atoms with Crippen molar-refractivity contribution in [1.29, 1.82) is 0 Å². The lowest BCUT2D eigenvalue weighted by Gasteiger charge is -2.12. The smallest absolute Gasteiger partial charge is 0.319 e. The highest BCUT2D eigenvalue weighted by Gasteiger charge is 2.15. The monoisotopic (exact) mass is 334 g/mol. The second-order valence-electron chi connectivity index (χ2n) is 4.56. The molecule has 128 valence electrons. The van der Waals surface area contributed by atoms with Crippen molar-refractivity contribution in [2.75, 3.05) is 30.7 Å². The van der Waals surface area contributed by atoms with Crippen molar-refractivity contribution in [3.05, 3.63) is 30.0 Å². The third kappa shape index (κ3) is 4.60. The van der Waals surface area contributed by atoms with Crippen LogP contribution in [0, 0.1) is 0 Å². The number of amides is 3. The predicted molar refractivity (Wildman–Crippen MR) is 85.7 cm³/mol. The molecule has 0 aliphatic carbocycles. The summed E-state index contributed by atoms with van der Waals surface area (Å²) in [5.74, 6) is -0.0409. The maximum Gasteiger partial charge on any atom is 0.319 e. The molecule has 3 amide bonds. The quantitative estimate of drug-likeness (QED) is 0.543. The first-order chi connectivity index (χ1) is 11.6. The van der Waals surface area contributed by atoms with E-state index in [0.29, 0.717) is 18.0 Å². The van der Waals surface area contributed by atoms with Crippen LogP contribution in [0.25, 0.3) is 0 Å². The van der Waals surface area contributed by atoms with Gasteiger partial charge in [0.2, 0.25) is 11.5 Å². The van der Waals surface area contributed by atoms with Crippen LogP contribution in [0.5, 0.6) is 5.75 Å². The zero-order valence-electron chi connectivity index (χ0n) is 13.0. The lowest BCUT2D eigenvalue weighted by molar-refractivity contribution is 0.0944. The van der Waals surface area contributed by atoms with Gasteiger partial charge in [-0.1, -0.05) is 12.1 Å². The van der Waals surface area contributed by atoms with Gasteiger partial charge in [-0.25, -0.2) is 9.42 Å². The van der Waals surface area contributed by atoms with Crippen LogP contribution in [0.1, 0.15) is 17.4 Å². The number of ether oxygens (including phenoxy) is 1. The number of hydrogen-bond acceptors (Lipinski definition) is 7. The zero-order chi connectivity index (χ0) is 17.4. The average Bonchev–Trinajstić information content (AvgIpc) is 2.99. The van der Waals surface area contributed by atoms with Gasteiger partial charge < -0.3 is 26.4 Å².